The quantitative estimate of drug-likeness (QED) is 0.677. The molecule has 0 aliphatic rings. The Hall–Kier alpha value is -0.520. The first kappa shape index (κ1) is 14.9. The molecule has 0 heterocycles. The third kappa shape index (κ3) is 3.52. The van der Waals surface area contributed by atoms with Gasteiger partial charge in [0.15, 0.2) is 0 Å². The van der Waals surface area contributed by atoms with Gasteiger partial charge in [0.25, 0.3) is 0 Å². The molecule has 2 N–H and O–H groups in total. The van der Waals surface area contributed by atoms with Crippen molar-refractivity contribution >= 4 is 47.8 Å². The summed E-state index contributed by atoms with van der Waals surface area (Å²) < 4.78 is 2.38. The van der Waals surface area contributed by atoms with E-state index in [-0.39, 0.29) is 11.5 Å². The third-order valence-corrected chi connectivity index (χ3v) is 5.10. The van der Waals surface area contributed by atoms with Gasteiger partial charge in [-0.15, -0.1) is 0 Å². The molecule has 2 aromatic rings. The van der Waals surface area contributed by atoms with Gasteiger partial charge in [0.2, 0.25) is 0 Å². The lowest BCUT2D eigenvalue weighted by Gasteiger charge is -2.09. The number of phenolic OH excluding ortho intramolecular Hbond substituents is 2. The molecule has 0 saturated heterocycles. The van der Waals surface area contributed by atoms with Gasteiger partial charge < -0.3 is 10.2 Å². The van der Waals surface area contributed by atoms with Crippen molar-refractivity contribution in [2.45, 2.75) is 12.8 Å². The van der Waals surface area contributed by atoms with Gasteiger partial charge in [-0.25, -0.2) is 0 Å². The van der Waals surface area contributed by atoms with E-state index in [9.17, 15) is 10.2 Å². The molecule has 2 rings (SSSR count). The van der Waals surface area contributed by atoms with E-state index in [1.807, 2.05) is 18.2 Å². The lowest BCUT2D eigenvalue weighted by Crippen LogP contribution is -1.94. The minimum absolute atomic E-state index is 0.239. The number of phenols is 2. The van der Waals surface area contributed by atoms with Crippen molar-refractivity contribution in [3.05, 3.63) is 54.9 Å². The second-order valence-corrected chi connectivity index (χ2v) is 6.65. The average Bonchev–Trinajstić information content (AvgIpc) is 2.38. The van der Waals surface area contributed by atoms with Crippen LogP contribution in [0, 0.1) is 0 Å². The molecule has 100 valence electrons. The first-order valence-corrected chi connectivity index (χ1v) is 8.00. The highest BCUT2D eigenvalue weighted by molar-refractivity contribution is 9.11. The van der Waals surface area contributed by atoms with E-state index in [4.69, 9.17) is 0 Å². The Bertz CT molecular complexity index is 612. The minimum Gasteiger partial charge on any atom is -0.507 e. The molecular weight excluding hydrogens is 440 g/mol. The van der Waals surface area contributed by atoms with Crippen molar-refractivity contribution in [3.8, 4) is 11.5 Å². The van der Waals surface area contributed by atoms with Crippen molar-refractivity contribution in [1.82, 2.24) is 0 Å². The lowest BCUT2D eigenvalue weighted by atomic mass is 10.0. The summed E-state index contributed by atoms with van der Waals surface area (Å²) in [5.74, 6) is 0.480. The van der Waals surface area contributed by atoms with Gasteiger partial charge in [-0.1, -0.05) is 22.0 Å². The Kier molecular flexibility index (Phi) is 4.92. The third-order valence-electron chi connectivity index (χ3n) is 2.84. The second kappa shape index (κ2) is 6.29. The van der Waals surface area contributed by atoms with Crippen LogP contribution in [0.5, 0.6) is 11.5 Å². The summed E-state index contributed by atoms with van der Waals surface area (Å²) in [6.45, 7) is 0. The number of aromatic hydroxyl groups is 2. The maximum absolute atomic E-state index is 9.69. The summed E-state index contributed by atoms with van der Waals surface area (Å²) in [6.07, 6.45) is 1.60. The Balaban J connectivity index is 2.19. The van der Waals surface area contributed by atoms with Crippen molar-refractivity contribution in [2.75, 3.05) is 0 Å². The molecule has 0 aromatic heterocycles. The van der Waals surface area contributed by atoms with Crippen LogP contribution in [0.15, 0.2) is 43.7 Å². The zero-order valence-corrected chi connectivity index (χ0v) is 14.6. The van der Waals surface area contributed by atoms with E-state index >= 15 is 0 Å². The molecule has 0 spiro atoms. The first-order chi connectivity index (χ1) is 8.99. The van der Waals surface area contributed by atoms with Crippen molar-refractivity contribution in [3.63, 3.8) is 0 Å². The van der Waals surface area contributed by atoms with Crippen LogP contribution >= 0.6 is 47.8 Å². The predicted molar refractivity (Wildman–Crippen MR) is 86.7 cm³/mol. The predicted octanol–water partition coefficient (Wildman–Crippen LogP) is 5.17. The van der Waals surface area contributed by atoms with E-state index in [0.29, 0.717) is 4.47 Å². The van der Waals surface area contributed by atoms with Crippen LogP contribution in [0.3, 0.4) is 0 Å². The minimum atomic E-state index is 0.239. The van der Waals surface area contributed by atoms with Gasteiger partial charge in [-0.2, -0.15) is 0 Å². The first-order valence-electron chi connectivity index (χ1n) is 5.62. The van der Waals surface area contributed by atoms with Gasteiger partial charge in [-0.3, -0.25) is 0 Å². The highest BCUT2D eigenvalue weighted by atomic mass is 79.9. The molecule has 0 aliphatic heterocycles. The van der Waals surface area contributed by atoms with E-state index in [0.717, 1.165) is 32.9 Å². The SMILES string of the molecule is Oc1ccc(CCc2c(Br)ccc(O)c2Br)cc1Br. The maximum Gasteiger partial charge on any atom is 0.130 e. The largest absolute Gasteiger partial charge is 0.507 e. The number of halogens is 3. The topological polar surface area (TPSA) is 40.5 Å². The van der Waals surface area contributed by atoms with Gasteiger partial charge in [0.1, 0.15) is 11.5 Å². The van der Waals surface area contributed by atoms with Crippen LogP contribution in [0.4, 0.5) is 0 Å². The Morgan fingerprint density at radius 3 is 2.16 bits per heavy atom. The van der Waals surface area contributed by atoms with Crippen LogP contribution in [-0.4, -0.2) is 10.2 Å². The molecule has 2 nitrogen and oxygen atoms in total. The second-order valence-electron chi connectivity index (χ2n) is 4.14. The maximum atomic E-state index is 9.69. The summed E-state index contributed by atoms with van der Waals surface area (Å²) in [4.78, 5) is 0. The van der Waals surface area contributed by atoms with Crippen LogP contribution < -0.4 is 0 Å². The van der Waals surface area contributed by atoms with E-state index in [1.54, 1.807) is 12.1 Å². The number of benzene rings is 2. The highest BCUT2D eigenvalue weighted by Crippen LogP contribution is 2.34. The lowest BCUT2D eigenvalue weighted by molar-refractivity contribution is 0.470. The Morgan fingerprint density at radius 2 is 1.47 bits per heavy atom. The molecule has 0 bridgehead atoms. The fourth-order valence-electron chi connectivity index (χ4n) is 1.79. The van der Waals surface area contributed by atoms with E-state index in [2.05, 4.69) is 47.8 Å². The zero-order valence-electron chi connectivity index (χ0n) is 9.83. The Morgan fingerprint density at radius 1 is 0.789 bits per heavy atom. The molecule has 19 heavy (non-hydrogen) atoms. The molecule has 0 aliphatic carbocycles. The molecule has 0 unspecified atom stereocenters. The number of rotatable bonds is 3. The summed E-state index contributed by atoms with van der Waals surface area (Å²) in [5.41, 5.74) is 2.15. The molecule has 0 saturated carbocycles. The van der Waals surface area contributed by atoms with Crippen molar-refractivity contribution in [2.24, 2.45) is 0 Å². The van der Waals surface area contributed by atoms with Gasteiger partial charge in [0.05, 0.1) is 8.95 Å². The van der Waals surface area contributed by atoms with Gasteiger partial charge >= 0.3 is 0 Å². The monoisotopic (exact) mass is 448 g/mol. The van der Waals surface area contributed by atoms with Gasteiger partial charge in [-0.05, 0) is 80.1 Å². The van der Waals surface area contributed by atoms with Crippen molar-refractivity contribution < 1.29 is 10.2 Å². The van der Waals surface area contributed by atoms with E-state index < -0.39 is 0 Å². The fourth-order valence-corrected chi connectivity index (χ4v) is 3.55. The molecule has 0 fully saturated rings. The van der Waals surface area contributed by atoms with Crippen LogP contribution in [-0.2, 0) is 12.8 Å². The summed E-state index contributed by atoms with van der Waals surface area (Å²) in [5, 5.41) is 19.2. The summed E-state index contributed by atoms with van der Waals surface area (Å²) in [6, 6.07) is 8.95. The molecule has 0 radical (unpaired) electrons. The number of hydrogen-bond donors (Lipinski definition) is 2. The molecule has 0 amide bonds. The van der Waals surface area contributed by atoms with Crippen LogP contribution in [0.25, 0.3) is 0 Å². The number of aryl methyl sites for hydroxylation is 1. The standard InChI is InChI=1S/C14H11Br3O2/c15-10-4-6-13(19)14(17)9(10)3-1-8-2-5-12(18)11(16)7-8/h2,4-7,18-19H,1,3H2. The zero-order chi connectivity index (χ0) is 14.0. The molecule has 0 atom stereocenters. The van der Waals surface area contributed by atoms with Gasteiger partial charge in [0, 0.05) is 4.47 Å². The van der Waals surface area contributed by atoms with Crippen LogP contribution in [0.2, 0.25) is 0 Å². The summed E-state index contributed by atoms with van der Waals surface area (Å²) in [7, 11) is 0. The molecule has 2 aromatic carbocycles. The number of hydrogen-bond acceptors (Lipinski definition) is 2. The highest BCUT2D eigenvalue weighted by Gasteiger charge is 2.10. The van der Waals surface area contributed by atoms with Crippen LogP contribution in [0.1, 0.15) is 11.1 Å². The van der Waals surface area contributed by atoms with Crippen molar-refractivity contribution in [1.29, 1.82) is 0 Å². The smallest absolute Gasteiger partial charge is 0.130 e. The average molecular weight is 451 g/mol. The normalized spacial score (nSPS) is 10.7. The van der Waals surface area contributed by atoms with E-state index in [1.165, 1.54) is 0 Å². The Labute approximate surface area is 136 Å². The summed E-state index contributed by atoms with van der Waals surface area (Å²) >= 11 is 10.2. The molecule has 5 heteroatoms. The fraction of sp³-hybridized carbons (Fsp3) is 0.143. The molecular formula is C14H11Br3O2.